The molecule has 3 aliphatic rings. The van der Waals surface area contributed by atoms with Crippen LogP contribution in [0, 0.1) is 0 Å². The fourth-order valence-electron chi connectivity index (χ4n) is 8.73. The number of amides is 4. The van der Waals surface area contributed by atoms with E-state index in [2.05, 4.69) is 41.4 Å². The van der Waals surface area contributed by atoms with Crippen molar-refractivity contribution in [1.82, 2.24) is 25.8 Å². The topological polar surface area (TPSA) is 302 Å². The summed E-state index contributed by atoms with van der Waals surface area (Å²) in [6, 6.07) is 47.6. The Bertz CT molecular complexity index is 3470. The Morgan fingerprint density at radius 2 is 0.673 bits per heavy atom. The van der Waals surface area contributed by atoms with Crippen LogP contribution in [0.4, 0.5) is 0 Å². The molecule has 0 unspecified atom stereocenters. The summed E-state index contributed by atoms with van der Waals surface area (Å²) in [5.41, 5.74) is 5.59. The van der Waals surface area contributed by atoms with Gasteiger partial charge in [-0.25, -0.2) is 9.59 Å². The van der Waals surface area contributed by atoms with Gasteiger partial charge < -0.3 is 79.6 Å². The van der Waals surface area contributed by atoms with Crippen molar-refractivity contribution >= 4 is 139 Å². The number of rotatable bonds is 21. The second kappa shape index (κ2) is 51.1. The molecule has 7 aromatic rings. The van der Waals surface area contributed by atoms with Gasteiger partial charge in [-0.2, -0.15) is 0 Å². The maximum absolute atomic E-state index is 12.3. The van der Waals surface area contributed by atoms with Crippen molar-refractivity contribution in [2.24, 2.45) is 5.73 Å². The molecule has 0 bridgehead atoms. The average Bonchev–Trinajstić information content (AvgIpc) is 0.902. The molecule has 0 atom stereocenters. The lowest BCUT2D eigenvalue weighted by Gasteiger charge is -2.32. The van der Waals surface area contributed by atoms with Crippen molar-refractivity contribution in [3.63, 3.8) is 0 Å². The van der Waals surface area contributed by atoms with E-state index in [1.54, 1.807) is 180 Å². The van der Waals surface area contributed by atoms with E-state index in [1.807, 2.05) is 0 Å². The molecule has 4 amide bonds. The number of phenols is 1. The van der Waals surface area contributed by atoms with Crippen LogP contribution in [-0.4, -0.2) is 178 Å². The third kappa shape index (κ3) is 40.2. The summed E-state index contributed by atoms with van der Waals surface area (Å²) in [5.74, 6) is 1.56. The summed E-state index contributed by atoms with van der Waals surface area (Å²) >= 11 is 43.0. The van der Waals surface area contributed by atoms with Gasteiger partial charge in [0.05, 0.1) is 14.2 Å². The van der Waals surface area contributed by atoms with Gasteiger partial charge in [-0.05, 0) is 221 Å². The van der Waals surface area contributed by atoms with Gasteiger partial charge in [0.2, 0.25) is 0 Å². The molecule has 7 N–H and O–H groups in total. The van der Waals surface area contributed by atoms with E-state index in [4.69, 9.17) is 126 Å². The van der Waals surface area contributed by atoms with Gasteiger partial charge in [0, 0.05) is 79.5 Å². The Balaban J connectivity index is 0.000000280. The fraction of sp³-hybridized carbons (Fsp3) is 0.329. The van der Waals surface area contributed by atoms with E-state index in [1.165, 1.54) is 14.2 Å². The van der Waals surface area contributed by atoms with Crippen LogP contribution < -0.4 is 50.1 Å². The minimum atomic E-state index is -0.995. The summed E-state index contributed by atoms with van der Waals surface area (Å²) < 4.78 is 40.5. The lowest BCUT2D eigenvalue weighted by Crippen LogP contribution is -2.48. The molecule has 0 spiro atoms. The maximum atomic E-state index is 12.3. The van der Waals surface area contributed by atoms with Crippen molar-refractivity contribution in [3.8, 4) is 40.2 Å². The number of benzene rings is 7. The summed E-state index contributed by atoms with van der Waals surface area (Å²) in [4.78, 5) is 83.0. The number of carboxylic acid groups (broad SMARTS) is 1. The monoisotopic (exact) mass is 1640 g/mol. The number of esters is 2. The summed E-state index contributed by atoms with van der Waals surface area (Å²) in [6.07, 6.45) is 5.08. The zero-order valence-corrected chi connectivity index (χ0v) is 63.7. The van der Waals surface area contributed by atoms with E-state index in [0.717, 1.165) is 25.9 Å². The van der Waals surface area contributed by atoms with Gasteiger partial charge in [-0.1, -0.05) is 97.1 Å². The van der Waals surface area contributed by atoms with E-state index < -0.39 is 11.9 Å². The molecule has 3 aliphatic heterocycles. The number of hydrogen-bond acceptors (Lipinski definition) is 18. The number of carbonyl (C=O) groups excluding carboxylic acids is 6. The Hall–Kier alpha value is -8.14. The number of nitrogens with zero attached hydrogens (tertiary/aromatic N) is 2. The minimum absolute atomic E-state index is 0.0202. The average molecular weight is 1640 g/mol. The molecule has 0 radical (unpaired) electrons. The molecular weight excluding hydrogens is 1560 g/mol. The quantitative estimate of drug-likeness (QED) is 0.0288. The Morgan fingerprint density at radius 1 is 0.413 bits per heavy atom. The number of nitrogens with one attached hydrogen (secondary N) is 3. The first-order valence-electron chi connectivity index (χ1n) is 32.2. The van der Waals surface area contributed by atoms with Crippen molar-refractivity contribution in [2.45, 2.75) is 56.7 Å². The number of methoxy groups -OCH3 is 2. The number of alkyl halides is 1. The first-order valence-corrected chi connectivity index (χ1v) is 35.9. The van der Waals surface area contributed by atoms with Gasteiger partial charge in [0.25, 0.3) is 23.6 Å². The second-order valence-electron chi connectivity index (χ2n) is 22.1. The van der Waals surface area contributed by atoms with E-state index in [-0.39, 0.29) is 92.4 Å². The maximum Gasteiger partial charge on any atom is 0.343 e. The second-order valence-corrected chi connectivity index (χ2v) is 25.8. The van der Waals surface area contributed by atoms with Crippen LogP contribution in [0.25, 0.3) is 0 Å². The van der Waals surface area contributed by atoms with Crippen LogP contribution in [0.2, 0.25) is 35.2 Å². The van der Waals surface area contributed by atoms with Gasteiger partial charge in [0.15, 0.2) is 39.6 Å². The molecule has 0 aromatic heterocycles. The first kappa shape index (κ1) is 88.3. The highest BCUT2D eigenvalue weighted by atomic mass is 79.9. The smallest absolute Gasteiger partial charge is 0.343 e. The van der Waals surface area contributed by atoms with Gasteiger partial charge in [-0.3, -0.25) is 24.0 Å². The number of carbonyl (C=O) groups is 7. The molecule has 23 nitrogen and oxygen atoms in total. The number of hydrogen-bond donors (Lipinski definition) is 6. The molecule has 0 aliphatic carbocycles. The molecule has 0 saturated carbocycles. The molecule has 3 saturated heterocycles. The molecule has 562 valence electrons. The lowest BCUT2D eigenvalue weighted by atomic mass is 10.1. The van der Waals surface area contributed by atoms with Crippen LogP contribution >= 0.6 is 97.1 Å². The van der Waals surface area contributed by atoms with Crippen LogP contribution in [-0.2, 0) is 43.0 Å². The molecule has 104 heavy (non-hydrogen) atoms. The number of ether oxygens (including phenoxy) is 8. The summed E-state index contributed by atoms with van der Waals surface area (Å²) in [6.45, 7) is 3.95. The van der Waals surface area contributed by atoms with Crippen LogP contribution in [0.15, 0.2) is 170 Å². The lowest BCUT2D eigenvalue weighted by molar-refractivity contribution is -0.143. The normalized spacial score (nSPS) is 13.1. The molecule has 10 rings (SSSR count). The molecule has 31 heteroatoms. The first-order chi connectivity index (χ1) is 49.9. The van der Waals surface area contributed by atoms with Crippen LogP contribution in [0.3, 0.4) is 0 Å². The highest BCUT2D eigenvalue weighted by molar-refractivity contribution is 9.09. The predicted octanol–water partition coefficient (Wildman–Crippen LogP) is 13.1. The third-order valence-electron chi connectivity index (χ3n) is 14.3. The molecule has 3 fully saturated rings. The Kier molecular flexibility index (Phi) is 43.4. The number of nitrogens with two attached hydrogens (primary N) is 1. The zero-order chi connectivity index (χ0) is 76.0. The van der Waals surface area contributed by atoms with Crippen LogP contribution in [0.1, 0.15) is 38.5 Å². The number of aromatic hydroxyl groups is 1. The summed E-state index contributed by atoms with van der Waals surface area (Å²) in [5, 5.41) is 30.7. The van der Waals surface area contributed by atoms with Crippen molar-refractivity contribution in [1.29, 1.82) is 0 Å². The number of halogens is 8. The number of likely N-dealkylation sites (tertiary alicyclic amines) is 2. The molecular formula is C73H82BrCl7N6O17. The van der Waals surface area contributed by atoms with Crippen LogP contribution in [0.5, 0.6) is 40.2 Å². The summed E-state index contributed by atoms with van der Waals surface area (Å²) in [7, 11) is 2.66. The van der Waals surface area contributed by atoms with Crippen molar-refractivity contribution in [3.05, 3.63) is 205 Å². The number of phenolic OH excluding ortho intramolecular Hbond substituents is 1. The standard InChI is InChI=1S/2C21H22Cl2N2O4.C9H9ClO3.C8H7ClO3.C6H5ClO.C5H12N2.C3H5BrO2/c2*22-15-1-5-18(6-2-15)28-13-20(26)24-17-9-11-25(12-10-17)21(27)14-29-19-7-3-16(23)4-8-19;1-12-9(11)6-13-8-4-2-7(10)3-5-8;9-6-1-3-7(4-2-6)12-5-8(10)11;7-5-1-3-6(8)4-2-5;6-5-1-3-7-4-2-5;1-6-3(5)2-4/h2*1-8,17H,9-14H2,(H,24,26);2-5H,6H2,1H3;1-4H,5H2,(H,10,11);1-4,8H;5,7H,1-4,6H2;2H2,1H3. The SMILES string of the molecule is COC(=O)CBr.COC(=O)COc1ccc(Cl)cc1.NC1CCNCC1.O=C(COc1ccc(Cl)cc1)NC1CCN(C(=O)COc2ccc(Cl)cc2)CC1.O=C(COc1ccc(Cl)cc1)NC1CCN(C(=O)COc2ccc(Cl)cc2)CC1.O=C(O)COc1ccc(Cl)cc1.Oc1ccc(Cl)cc1. The van der Waals surface area contributed by atoms with Crippen molar-refractivity contribution < 1.29 is 81.7 Å². The zero-order valence-electron chi connectivity index (χ0n) is 56.8. The van der Waals surface area contributed by atoms with Gasteiger partial charge >= 0.3 is 17.9 Å². The number of piperidine rings is 3. The largest absolute Gasteiger partial charge is 0.508 e. The Morgan fingerprint density at radius 3 is 0.904 bits per heavy atom. The van der Waals surface area contributed by atoms with E-state index >= 15 is 0 Å². The number of carboxylic acids is 1. The van der Waals surface area contributed by atoms with Gasteiger partial charge in [0.1, 0.15) is 45.6 Å². The highest BCUT2D eigenvalue weighted by Crippen LogP contribution is 2.22. The molecule has 3 heterocycles. The third-order valence-corrected chi connectivity index (χ3v) is 16.5. The van der Waals surface area contributed by atoms with Crippen molar-refractivity contribution in [2.75, 3.05) is 98.5 Å². The predicted molar refractivity (Wildman–Crippen MR) is 406 cm³/mol. The highest BCUT2D eigenvalue weighted by Gasteiger charge is 2.26. The fourth-order valence-corrected chi connectivity index (χ4v) is 9.84. The van der Waals surface area contributed by atoms with Gasteiger partial charge in [-0.15, -0.1) is 0 Å². The van der Waals surface area contributed by atoms with E-state index in [0.29, 0.717) is 128 Å². The minimum Gasteiger partial charge on any atom is -0.508 e. The Labute approximate surface area is 647 Å². The number of aliphatic carboxylic acids is 1. The molecule has 7 aromatic carbocycles. The van der Waals surface area contributed by atoms with E-state index in [9.17, 15) is 33.6 Å².